The van der Waals surface area contributed by atoms with E-state index >= 15 is 0 Å². The van der Waals surface area contributed by atoms with E-state index in [0.717, 1.165) is 45.9 Å². The van der Waals surface area contributed by atoms with E-state index in [1.165, 1.54) is 0 Å². The highest BCUT2D eigenvalue weighted by molar-refractivity contribution is 9.10. The molecule has 0 saturated carbocycles. The molecule has 140 valence electrons. The maximum absolute atomic E-state index is 4.69. The van der Waals surface area contributed by atoms with Crippen molar-refractivity contribution in [1.82, 2.24) is 14.9 Å². The second-order valence-corrected chi connectivity index (χ2v) is 7.45. The van der Waals surface area contributed by atoms with E-state index in [2.05, 4.69) is 55.5 Å². The molecule has 27 heavy (non-hydrogen) atoms. The number of likely N-dealkylation sites (N-methyl/N-ethyl adjacent to an activating group) is 1. The molecule has 0 aliphatic carbocycles. The van der Waals surface area contributed by atoms with Gasteiger partial charge in [-0.05, 0) is 38.7 Å². The fourth-order valence-electron chi connectivity index (χ4n) is 2.62. The number of halogens is 1. The third-order valence-corrected chi connectivity index (χ3v) is 5.03. The molecular weight excluding hydrogens is 402 g/mol. The molecule has 0 unspecified atom stereocenters. The maximum atomic E-state index is 4.69. The van der Waals surface area contributed by atoms with Crippen LogP contribution in [-0.4, -0.2) is 42.1 Å². The largest absolute Gasteiger partial charge is 0.353 e. The van der Waals surface area contributed by atoms with Crippen LogP contribution < -0.4 is 10.6 Å². The molecule has 2 N–H and O–H groups in total. The van der Waals surface area contributed by atoms with E-state index in [1.807, 2.05) is 56.6 Å². The number of anilines is 3. The van der Waals surface area contributed by atoms with Crippen molar-refractivity contribution in [3.8, 4) is 11.3 Å². The first-order valence-electron chi connectivity index (χ1n) is 8.88. The molecule has 0 amide bonds. The van der Waals surface area contributed by atoms with Crippen molar-refractivity contribution in [3.63, 3.8) is 0 Å². The molecule has 0 radical (unpaired) electrons. The second kappa shape index (κ2) is 8.97. The summed E-state index contributed by atoms with van der Waals surface area (Å²) in [6, 6.07) is 18.2. The second-order valence-electron chi connectivity index (χ2n) is 6.60. The van der Waals surface area contributed by atoms with Gasteiger partial charge in [-0.3, -0.25) is 0 Å². The Labute approximate surface area is 169 Å². The summed E-state index contributed by atoms with van der Waals surface area (Å²) < 4.78 is 1.06. The van der Waals surface area contributed by atoms with Crippen LogP contribution in [0.25, 0.3) is 11.3 Å². The lowest BCUT2D eigenvalue weighted by Crippen LogP contribution is -2.21. The molecule has 0 spiro atoms. The first kappa shape index (κ1) is 19.3. The lowest BCUT2D eigenvalue weighted by atomic mass is 10.1. The van der Waals surface area contributed by atoms with Gasteiger partial charge in [-0.15, -0.1) is 0 Å². The standard InChI is InChI=1S/C21H24BrN5/c1-15-17(22)10-7-11-18(15)24-20-14-19(16-8-5-4-6-9-16)25-21(26-20)23-12-13-27(2)3/h4-11,14H,12-13H2,1-3H3,(H2,23,24,25,26). The van der Waals surface area contributed by atoms with E-state index in [4.69, 9.17) is 4.98 Å². The number of hydrogen-bond acceptors (Lipinski definition) is 5. The average Bonchev–Trinajstić information content (AvgIpc) is 2.66. The zero-order valence-corrected chi connectivity index (χ0v) is 17.4. The van der Waals surface area contributed by atoms with Gasteiger partial charge in [-0.25, -0.2) is 4.98 Å². The molecule has 5 nitrogen and oxygen atoms in total. The summed E-state index contributed by atoms with van der Waals surface area (Å²) in [6.45, 7) is 3.76. The molecule has 3 rings (SSSR count). The van der Waals surface area contributed by atoms with Crippen molar-refractivity contribution in [2.45, 2.75) is 6.92 Å². The summed E-state index contributed by atoms with van der Waals surface area (Å²) in [5.41, 5.74) is 4.10. The van der Waals surface area contributed by atoms with Gasteiger partial charge in [-0.2, -0.15) is 4.98 Å². The van der Waals surface area contributed by atoms with Crippen molar-refractivity contribution < 1.29 is 0 Å². The zero-order valence-electron chi connectivity index (χ0n) is 15.8. The van der Waals surface area contributed by atoms with Crippen molar-refractivity contribution in [2.24, 2.45) is 0 Å². The Balaban J connectivity index is 1.92. The third kappa shape index (κ3) is 5.28. The number of hydrogen-bond donors (Lipinski definition) is 2. The Bertz CT molecular complexity index is 896. The highest BCUT2D eigenvalue weighted by Gasteiger charge is 2.09. The molecule has 3 aromatic rings. The van der Waals surface area contributed by atoms with Gasteiger partial charge in [0.05, 0.1) is 5.69 Å². The molecule has 0 bridgehead atoms. The van der Waals surface area contributed by atoms with Crippen LogP contribution in [0.5, 0.6) is 0 Å². The molecule has 0 fully saturated rings. The minimum atomic E-state index is 0.619. The van der Waals surface area contributed by atoms with Crippen LogP contribution in [-0.2, 0) is 0 Å². The van der Waals surface area contributed by atoms with E-state index in [1.54, 1.807) is 0 Å². The zero-order chi connectivity index (χ0) is 19.2. The lowest BCUT2D eigenvalue weighted by molar-refractivity contribution is 0.425. The fourth-order valence-corrected chi connectivity index (χ4v) is 2.99. The van der Waals surface area contributed by atoms with Crippen molar-refractivity contribution in [3.05, 3.63) is 64.6 Å². The summed E-state index contributed by atoms with van der Waals surface area (Å²) in [5.74, 6) is 1.38. The molecule has 0 saturated heterocycles. The topological polar surface area (TPSA) is 53.1 Å². The molecule has 1 heterocycles. The number of aromatic nitrogens is 2. The summed E-state index contributed by atoms with van der Waals surface area (Å²) in [7, 11) is 4.10. The monoisotopic (exact) mass is 425 g/mol. The normalized spacial score (nSPS) is 10.9. The Morgan fingerprint density at radius 2 is 1.78 bits per heavy atom. The number of benzene rings is 2. The van der Waals surface area contributed by atoms with Gasteiger partial charge >= 0.3 is 0 Å². The molecule has 6 heteroatoms. The van der Waals surface area contributed by atoms with Crippen LogP contribution in [0.3, 0.4) is 0 Å². The van der Waals surface area contributed by atoms with E-state index < -0.39 is 0 Å². The third-order valence-electron chi connectivity index (χ3n) is 4.17. The predicted octanol–water partition coefficient (Wildman–Crippen LogP) is 4.93. The molecule has 0 atom stereocenters. The average molecular weight is 426 g/mol. The van der Waals surface area contributed by atoms with Gasteiger partial charge < -0.3 is 15.5 Å². The smallest absolute Gasteiger partial charge is 0.225 e. The van der Waals surface area contributed by atoms with Crippen LogP contribution in [0.1, 0.15) is 5.56 Å². The van der Waals surface area contributed by atoms with Gasteiger partial charge in [-0.1, -0.05) is 52.3 Å². The Morgan fingerprint density at radius 1 is 1.00 bits per heavy atom. The molecule has 2 aromatic carbocycles. The van der Waals surface area contributed by atoms with Crippen LogP contribution in [0, 0.1) is 6.92 Å². The molecule has 0 aliphatic rings. The van der Waals surface area contributed by atoms with Crippen LogP contribution >= 0.6 is 15.9 Å². The van der Waals surface area contributed by atoms with Crippen molar-refractivity contribution >= 4 is 33.4 Å². The van der Waals surface area contributed by atoms with Gasteiger partial charge in [0.15, 0.2) is 0 Å². The van der Waals surface area contributed by atoms with Crippen molar-refractivity contribution in [1.29, 1.82) is 0 Å². The predicted molar refractivity (Wildman–Crippen MR) is 117 cm³/mol. The van der Waals surface area contributed by atoms with E-state index in [0.29, 0.717) is 5.95 Å². The molecular formula is C21H24BrN5. The summed E-state index contributed by atoms with van der Waals surface area (Å²) in [5, 5.41) is 6.76. The molecule has 0 aliphatic heterocycles. The first-order chi connectivity index (χ1) is 13.0. The lowest BCUT2D eigenvalue weighted by Gasteiger charge is -2.14. The van der Waals surface area contributed by atoms with Crippen LogP contribution in [0.4, 0.5) is 17.5 Å². The highest BCUT2D eigenvalue weighted by atomic mass is 79.9. The Hall–Kier alpha value is -2.44. The summed E-state index contributed by atoms with van der Waals surface area (Å²) in [4.78, 5) is 11.5. The van der Waals surface area contributed by atoms with Gasteiger partial charge in [0.2, 0.25) is 5.95 Å². The van der Waals surface area contributed by atoms with E-state index in [-0.39, 0.29) is 0 Å². The quantitative estimate of drug-likeness (QED) is 0.561. The SMILES string of the molecule is Cc1c(Br)cccc1Nc1cc(-c2ccccc2)nc(NCCN(C)C)n1. The minimum Gasteiger partial charge on any atom is -0.353 e. The Morgan fingerprint density at radius 3 is 2.52 bits per heavy atom. The van der Waals surface area contributed by atoms with Gasteiger partial charge in [0.25, 0.3) is 0 Å². The first-order valence-corrected chi connectivity index (χ1v) is 9.67. The van der Waals surface area contributed by atoms with Crippen molar-refractivity contribution in [2.75, 3.05) is 37.8 Å². The fraction of sp³-hybridized carbons (Fsp3) is 0.238. The Kier molecular flexibility index (Phi) is 6.42. The van der Waals surface area contributed by atoms with E-state index in [9.17, 15) is 0 Å². The van der Waals surface area contributed by atoms with Gasteiger partial charge in [0.1, 0.15) is 5.82 Å². The number of rotatable bonds is 7. The minimum absolute atomic E-state index is 0.619. The maximum Gasteiger partial charge on any atom is 0.225 e. The molecule has 1 aromatic heterocycles. The number of nitrogens with one attached hydrogen (secondary N) is 2. The van der Waals surface area contributed by atoms with Gasteiger partial charge in [0, 0.05) is 34.9 Å². The summed E-state index contributed by atoms with van der Waals surface area (Å²) in [6.07, 6.45) is 0. The van der Waals surface area contributed by atoms with Crippen LogP contribution in [0.2, 0.25) is 0 Å². The highest BCUT2D eigenvalue weighted by Crippen LogP contribution is 2.28. The summed E-state index contributed by atoms with van der Waals surface area (Å²) >= 11 is 3.58. The number of nitrogens with zero attached hydrogens (tertiary/aromatic N) is 3. The van der Waals surface area contributed by atoms with Crippen LogP contribution in [0.15, 0.2) is 59.1 Å².